The lowest BCUT2D eigenvalue weighted by Crippen LogP contribution is -2.36. The van der Waals surface area contributed by atoms with Gasteiger partial charge in [-0.05, 0) is 42.5 Å². The molecule has 0 spiro atoms. The largest absolute Gasteiger partial charge is 0.378 e. The van der Waals surface area contributed by atoms with Crippen molar-refractivity contribution in [3.05, 3.63) is 71.0 Å². The van der Waals surface area contributed by atoms with E-state index in [0.29, 0.717) is 54.0 Å². The van der Waals surface area contributed by atoms with Crippen molar-refractivity contribution < 1.29 is 19.1 Å². The molecule has 0 aliphatic carbocycles. The van der Waals surface area contributed by atoms with Gasteiger partial charge in [-0.2, -0.15) is 0 Å². The third-order valence-corrected chi connectivity index (χ3v) is 6.49. The maximum absolute atomic E-state index is 13.0. The van der Waals surface area contributed by atoms with Crippen LogP contribution in [0.1, 0.15) is 20.7 Å². The molecule has 2 aromatic heterocycles. The van der Waals surface area contributed by atoms with E-state index in [0.717, 1.165) is 37.8 Å². The molecule has 2 amide bonds. The number of benzene rings is 1. The summed E-state index contributed by atoms with van der Waals surface area (Å²) in [5, 5.41) is 6.07. The molecule has 2 N–H and O–H groups in total. The Morgan fingerprint density at radius 1 is 0.730 bits per heavy atom. The van der Waals surface area contributed by atoms with Gasteiger partial charge in [0.25, 0.3) is 11.8 Å². The second-order valence-corrected chi connectivity index (χ2v) is 9.01. The molecule has 2 saturated heterocycles. The van der Waals surface area contributed by atoms with Crippen LogP contribution in [0.15, 0.2) is 54.9 Å². The summed E-state index contributed by atoms with van der Waals surface area (Å²) in [4.78, 5) is 38.9. The van der Waals surface area contributed by atoms with Gasteiger partial charge in [-0.25, -0.2) is 9.97 Å². The molecule has 2 aliphatic heterocycles. The van der Waals surface area contributed by atoms with E-state index in [2.05, 4.69) is 30.4 Å². The van der Waals surface area contributed by atoms with Crippen LogP contribution in [0.25, 0.3) is 0 Å². The summed E-state index contributed by atoms with van der Waals surface area (Å²) < 4.78 is 10.8. The Morgan fingerprint density at radius 3 is 1.78 bits per heavy atom. The smallest absolute Gasteiger partial charge is 0.255 e. The first-order valence-electron chi connectivity index (χ1n) is 12.1. The van der Waals surface area contributed by atoms with Gasteiger partial charge >= 0.3 is 0 Å². The second kappa shape index (κ2) is 11.5. The third kappa shape index (κ3) is 6.16. The average molecular weight is 523 g/mol. The first-order valence-corrected chi connectivity index (χ1v) is 12.4. The number of carbonyl (C=O) groups is 2. The number of morpholine rings is 2. The average Bonchev–Trinajstić information content (AvgIpc) is 2.96. The molecule has 192 valence electrons. The molecular formula is C26H27ClN6O4. The van der Waals surface area contributed by atoms with E-state index in [4.69, 9.17) is 21.1 Å². The van der Waals surface area contributed by atoms with E-state index >= 15 is 0 Å². The van der Waals surface area contributed by atoms with Crippen molar-refractivity contribution >= 4 is 46.4 Å². The number of hydrogen-bond donors (Lipinski definition) is 2. The van der Waals surface area contributed by atoms with Gasteiger partial charge in [0.2, 0.25) is 0 Å². The summed E-state index contributed by atoms with van der Waals surface area (Å²) in [6.07, 6.45) is 3.23. The molecule has 3 aromatic rings. The Kier molecular flexibility index (Phi) is 7.79. The number of carbonyl (C=O) groups excluding carboxylic acids is 2. The number of anilines is 4. The van der Waals surface area contributed by atoms with E-state index in [1.807, 2.05) is 0 Å². The molecule has 0 unspecified atom stereocenters. The van der Waals surface area contributed by atoms with E-state index in [1.165, 1.54) is 0 Å². The van der Waals surface area contributed by atoms with Crippen LogP contribution >= 0.6 is 11.6 Å². The topological polar surface area (TPSA) is 109 Å². The number of halogens is 1. The van der Waals surface area contributed by atoms with Gasteiger partial charge in [0.05, 0.1) is 37.1 Å². The summed E-state index contributed by atoms with van der Waals surface area (Å²) in [5.74, 6) is 0.832. The molecular weight excluding hydrogens is 496 g/mol. The number of nitrogens with zero attached hydrogens (tertiary/aromatic N) is 4. The minimum Gasteiger partial charge on any atom is -0.378 e. The molecule has 11 heteroatoms. The first-order chi connectivity index (χ1) is 18.1. The predicted molar refractivity (Wildman–Crippen MR) is 142 cm³/mol. The second-order valence-electron chi connectivity index (χ2n) is 8.61. The molecule has 2 aliphatic rings. The molecule has 10 nitrogen and oxygen atoms in total. The van der Waals surface area contributed by atoms with Crippen molar-refractivity contribution in [1.29, 1.82) is 0 Å². The molecule has 5 rings (SSSR count). The Bertz CT molecular complexity index is 1280. The summed E-state index contributed by atoms with van der Waals surface area (Å²) >= 11 is 6.36. The first kappa shape index (κ1) is 24.9. The van der Waals surface area contributed by atoms with Crippen LogP contribution in [0.4, 0.5) is 23.0 Å². The Morgan fingerprint density at radius 2 is 1.24 bits per heavy atom. The highest BCUT2D eigenvalue weighted by molar-refractivity contribution is 6.34. The molecule has 0 radical (unpaired) electrons. The van der Waals surface area contributed by atoms with Crippen molar-refractivity contribution in [3.63, 3.8) is 0 Å². The van der Waals surface area contributed by atoms with E-state index < -0.39 is 0 Å². The van der Waals surface area contributed by atoms with E-state index in [9.17, 15) is 9.59 Å². The van der Waals surface area contributed by atoms with Gasteiger partial charge < -0.3 is 29.9 Å². The van der Waals surface area contributed by atoms with Crippen molar-refractivity contribution in [2.45, 2.75) is 0 Å². The maximum Gasteiger partial charge on any atom is 0.255 e. The predicted octanol–water partition coefficient (Wildman–Crippen LogP) is 3.31. The number of rotatable bonds is 6. The number of nitrogens with one attached hydrogen (secondary N) is 2. The summed E-state index contributed by atoms with van der Waals surface area (Å²) in [6.45, 7) is 5.40. The van der Waals surface area contributed by atoms with Gasteiger partial charge in [0.15, 0.2) is 0 Å². The lowest BCUT2D eigenvalue weighted by atomic mass is 10.2. The van der Waals surface area contributed by atoms with Crippen molar-refractivity contribution in [2.75, 3.05) is 73.0 Å². The van der Waals surface area contributed by atoms with E-state index in [-0.39, 0.29) is 11.8 Å². The summed E-state index contributed by atoms with van der Waals surface area (Å²) in [7, 11) is 0. The monoisotopic (exact) mass is 522 g/mol. The summed E-state index contributed by atoms with van der Waals surface area (Å²) in [6, 6.07) is 11.8. The van der Waals surface area contributed by atoms with Crippen LogP contribution in [0.3, 0.4) is 0 Å². The molecule has 37 heavy (non-hydrogen) atoms. The number of ether oxygens (including phenoxy) is 2. The quantitative estimate of drug-likeness (QED) is 0.507. The zero-order chi connectivity index (χ0) is 25.6. The van der Waals surface area contributed by atoms with Crippen LogP contribution < -0.4 is 20.4 Å². The van der Waals surface area contributed by atoms with Crippen LogP contribution in [-0.2, 0) is 9.47 Å². The zero-order valence-corrected chi connectivity index (χ0v) is 20.9. The number of hydrogen-bond acceptors (Lipinski definition) is 8. The zero-order valence-electron chi connectivity index (χ0n) is 20.2. The van der Waals surface area contributed by atoms with Gasteiger partial charge in [0.1, 0.15) is 11.6 Å². The summed E-state index contributed by atoms with van der Waals surface area (Å²) in [5.41, 5.74) is 1.81. The SMILES string of the molecule is O=C(Nc1ccc(Cl)c(NC(=O)c2ccnc(N3CCOCC3)c2)c1)c1ccnc(N2CCOCC2)c1. The molecule has 0 bridgehead atoms. The fraction of sp³-hybridized carbons (Fsp3) is 0.308. The lowest BCUT2D eigenvalue weighted by Gasteiger charge is -2.28. The third-order valence-electron chi connectivity index (χ3n) is 6.16. The molecule has 0 atom stereocenters. The normalized spacial score (nSPS) is 15.8. The minimum absolute atomic E-state index is 0.291. The lowest BCUT2D eigenvalue weighted by molar-refractivity contribution is 0.101. The highest BCUT2D eigenvalue weighted by Crippen LogP contribution is 2.27. The Balaban J connectivity index is 1.27. The standard InChI is InChI=1S/C26H27ClN6O4/c27-21-2-1-20(30-25(34)18-3-5-28-23(15-18)32-7-11-36-12-8-32)17-22(21)31-26(35)19-4-6-29-24(16-19)33-9-13-37-14-10-33/h1-6,15-17H,7-14H2,(H,30,34)(H,31,35). The van der Waals surface area contributed by atoms with Crippen LogP contribution in [0, 0.1) is 0 Å². The number of pyridine rings is 2. The molecule has 2 fully saturated rings. The van der Waals surface area contributed by atoms with E-state index in [1.54, 1.807) is 54.9 Å². The van der Waals surface area contributed by atoms with Crippen LogP contribution in [0.2, 0.25) is 5.02 Å². The fourth-order valence-electron chi connectivity index (χ4n) is 4.15. The van der Waals surface area contributed by atoms with Gasteiger partial charge in [-0.3, -0.25) is 9.59 Å². The van der Waals surface area contributed by atoms with Gasteiger partial charge in [0, 0.05) is 55.4 Å². The Labute approximate surface area is 219 Å². The highest BCUT2D eigenvalue weighted by Gasteiger charge is 2.17. The Hall–Kier alpha value is -3.73. The van der Waals surface area contributed by atoms with Gasteiger partial charge in [-0.1, -0.05) is 11.6 Å². The highest BCUT2D eigenvalue weighted by atomic mass is 35.5. The van der Waals surface area contributed by atoms with Crippen molar-refractivity contribution in [3.8, 4) is 0 Å². The molecule has 1 aromatic carbocycles. The van der Waals surface area contributed by atoms with Crippen LogP contribution in [-0.4, -0.2) is 74.4 Å². The molecule has 0 saturated carbocycles. The van der Waals surface area contributed by atoms with Crippen molar-refractivity contribution in [2.24, 2.45) is 0 Å². The molecule has 4 heterocycles. The maximum atomic E-state index is 13.0. The van der Waals surface area contributed by atoms with Crippen molar-refractivity contribution in [1.82, 2.24) is 9.97 Å². The number of amides is 2. The van der Waals surface area contributed by atoms with Crippen LogP contribution in [0.5, 0.6) is 0 Å². The van der Waals surface area contributed by atoms with Gasteiger partial charge in [-0.15, -0.1) is 0 Å². The minimum atomic E-state index is -0.327. The fourth-order valence-corrected chi connectivity index (χ4v) is 4.31. The number of aromatic nitrogens is 2.